The summed E-state index contributed by atoms with van der Waals surface area (Å²) in [5, 5.41) is 1.33. The zero-order valence-electron chi connectivity index (χ0n) is 8.40. The standard InChI is InChI=1S/C11H12I2O/c1-7-9-6-8(12-2)4-5-10(9)14-11(7)13-3/h4-6H,1-3H3/q-2. The summed E-state index contributed by atoms with van der Waals surface area (Å²) < 4.78 is 8.55. The van der Waals surface area contributed by atoms with Crippen LogP contribution in [-0.4, -0.2) is 9.86 Å². The Hall–Kier alpha value is 0.220. The summed E-state index contributed by atoms with van der Waals surface area (Å²) in [6, 6.07) is 6.64. The van der Waals surface area contributed by atoms with Gasteiger partial charge < -0.3 is 0 Å². The van der Waals surface area contributed by atoms with E-state index in [0.717, 1.165) is 5.58 Å². The van der Waals surface area contributed by atoms with Crippen LogP contribution < -0.4 is 42.4 Å². The summed E-state index contributed by atoms with van der Waals surface area (Å²) in [5.74, 6) is 0. The van der Waals surface area contributed by atoms with Gasteiger partial charge in [-0.05, 0) is 0 Å². The maximum absolute atomic E-state index is 5.81. The molecule has 1 aromatic heterocycles. The first-order valence-corrected chi connectivity index (χ1v) is 10.8. The average Bonchev–Trinajstić information content (AvgIpc) is 2.55. The van der Waals surface area contributed by atoms with Gasteiger partial charge in [0.15, 0.2) is 0 Å². The summed E-state index contributed by atoms with van der Waals surface area (Å²) in [4.78, 5) is 4.54. The number of aryl methyl sites for hydroxylation is 1. The molecule has 0 unspecified atom stereocenters. The van der Waals surface area contributed by atoms with Crippen LogP contribution in [0.5, 0.6) is 0 Å². The zero-order valence-corrected chi connectivity index (χ0v) is 12.7. The molecule has 0 aliphatic heterocycles. The van der Waals surface area contributed by atoms with Crippen molar-refractivity contribution in [1.82, 2.24) is 0 Å². The van der Waals surface area contributed by atoms with Gasteiger partial charge in [0, 0.05) is 0 Å². The minimum atomic E-state index is 0.0674. The van der Waals surface area contributed by atoms with Gasteiger partial charge in [0.2, 0.25) is 0 Å². The Kier molecular flexibility index (Phi) is 3.36. The third kappa shape index (κ3) is 1.80. The molecular weight excluding hydrogens is 402 g/mol. The Morgan fingerprint density at radius 2 is 1.93 bits per heavy atom. The van der Waals surface area contributed by atoms with E-state index in [1.54, 1.807) is 0 Å². The molecule has 14 heavy (non-hydrogen) atoms. The van der Waals surface area contributed by atoms with Crippen molar-refractivity contribution in [2.75, 3.05) is 9.86 Å². The zero-order chi connectivity index (χ0) is 10.1. The fourth-order valence-corrected chi connectivity index (χ4v) is 4.18. The molecule has 0 aliphatic carbocycles. The van der Waals surface area contributed by atoms with E-state index < -0.39 is 0 Å². The van der Waals surface area contributed by atoms with Crippen LogP contribution in [0, 0.1) is 14.3 Å². The van der Waals surface area contributed by atoms with Crippen molar-refractivity contribution in [3.8, 4) is 0 Å². The van der Waals surface area contributed by atoms with Crippen molar-refractivity contribution in [2.45, 2.75) is 6.92 Å². The molecule has 0 N–H and O–H groups in total. The summed E-state index contributed by atoms with van der Waals surface area (Å²) in [6.45, 7) is 2.18. The van der Waals surface area contributed by atoms with Gasteiger partial charge in [-0.2, -0.15) is 0 Å². The number of halogens is 2. The molecule has 1 heterocycles. The van der Waals surface area contributed by atoms with E-state index in [4.69, 9.17) is 4.42 Å². The van der Waals surface area contributed by atoms with Crippen molar-refractivity contribution >= 4 is 11.0 Å². The van der Waals surface area contributed by atoms with E-state index >= 15 is 0 Å². The summed E-state index contributed by atoms with van der Waals surface area (Å²) in [6.07, 6.45) is 0. The molecule has 1 nitrogen and oxygen atoms in total. The van der Waals surface area contributed by atoms with Crippen LogP contribution in [0.25, 0.3) is 11.0 Å². The van der Waals surface area contributed by atoms with Crippen molar-refractivity contribution in [1.29, 1.82) is 0 Å². The van der Waals surface area contributed by atoms with Crippen LogP contribution in [0.15, 0.2) is 22.6 Å². The van der Waals surface area contributed by atoms with Crippen LogP contribution in [0.4, 0.5) is 0 Å². The second-order valence-electron chi connectivity index (χ2n) is 3.02. The maximum atomic E-state index is 5.81. The molecule has 1 aromatic carbocycles. The van der Waals surface area contributed by atoms with Gasteiger partial charge in [0.25, 0.3) is 0 Å². The molecule has 2 rings (SSSR count). The number of furan rings is 1. The first kappa shape index (κ1) is 10.7. The third-order valence-corrected chi connectivity index (χ3v) is 6.16. The molecule has 78 valence electrons. The summed E-state index contributed by atoms with van der Waals surface area (Å²) in [5.41, 5.74) is 2.44. The van der Waals surface area contributed by atoms with E-state index in [1.807, 2.05) is 0 Å². The average molecular weight is 414 g/mol. The fraction of sp³-hybridized carbons (Fsp3) is 0.273. The van der Waals surface area contributed by atoms with E-state index in [1.165, 1.54) is 18.3 Å². The molecule has 0 saturated carbocycles. The minimum absolute atomic E-state index is 0.0674. The third-order valence-electron chi connectivity index (χ3n) is 2.23. The van der Waals surface area contributed by atoms with E-state index in [2.05, 4.69) is 35.0 Å². The van der Waals surface area contributed by atoms with Crippen LogP contribution in [0.1, 0.15) is 5.56 Å². The van der Waals surface area contributed by atoms with Crippen LogP contribution in [-0.2, 0) is 0 Å². The molecule has 2 aromatic rings. The molecule has 0 amide bonds. The Labute approximate surface area is 105 Å². The first-order valence-electron chi connectivity index (χ1n) is 4.28. The second kappa shape index (κ2) is 4.38. The van der Waals surface area contributed by atoms with E-state index in [-0.39, 0.29) is 42.4 Å². The van der Waals surface area contributed by atoms with Crippen molar-refractivity contribution in [2.24, 2.45) is 0 Å². The number of benzene rings is 1. The number of fused-ring (bicyclic) bond motifs is 1. The number of hydrogen-bond acceptors (Lipinski definition) is 1. The van der Waals surface area contributed by atoms with Crippen molar-refractivity contribution < 1.29 is 46.8 Å². The molecule has 0 aliphatic rings. The number of alkyl halides is 2. The van der Waals surface area contributed by atoms with Crippen molar-refractivity contribution in [3.05, 3.63) is 31.1 Å². The topological polar surface area (TPSA) is 13.1 Å². The van der Waals surface area contributed by atoms with Crippen LogP contribution >= 0.6 is 0 Å². The Morgan fingerprint density at radius 3 is 2.57 bits per heavy atom. The van der Waals surface area contributed by atoms with Crippen LogP contribution in [0.2, 0.25) is 0 Å². The predicted octanol–water partition coefficient (Wildman–Crippen LogP) is -3.48. The SMILES string of the molecule is C[I-]c1ccc2oc([I-]C)c(C)c2c1. The van der Waals surface area contributed by atoms with Crippen molar-refractivity contribution in [3.63, 3.8) is 0 Å². The monoisotopic (exact) mass is 414 g/mol. The van der Waals surface area contributed by atoms with Gasteiger partial charge in [-0.15, -0.1) is 0 Å². The quantitative estimate of drug-likeness (QED) is 0.368. The first-order chi connectivity index (χ1) is 6.76. The van der Waals surface area contributed by atoms with Gasteiger partial charge in [-0.1, -0.05) is 0 Å². The Bertz CT molecular complexity index is 460. The fourth-order valence-electron chi connectivity index (χ4n) is 1.46. The molecular formula is C11H12I2O-2. The van der Waals surface area contributed by atoms with E-state index in [0.29, 0.717) is 0 Å². The van der Waals surface area contributed by atoms with E-state index in [9.17, 15) is 0 Å². The molecule has 0 spiro atoms. The molecule has 0 bridgehead atoms. The van der Waals surface area contributed by atoms with Gasteiger partial charge >= 0.3 is 106 Å². The summed E-state index contributed by atoms with van der Waals surface area (Å²) >= 11 is 0.261. The normalized spacial score (nSPS) is 11.6. The van der Waals surface area contributed by atoms with Gasteiger partial charge in [0.1, 0.15) is 0 Å². The Morgan fingerprint density at radius 1 is 1.14 bits per heavy atom. The second-order valence-corrected chi connectivity index (χ2v) is 7.40. The number of rotatable bonds is 2. The molecule has 0 atom stereocenters. The van der Waals surface area contributed by atoms with Crippen LogP contribution in [0.3, 0.4) is 0 Å². The van der Waals surface area contributed by atoms with Gasteiger partial charge in [0.05, 0.1) is 0 Å². The molecule has 3 heteroatoms. The molecule has 0 fully saturated rings. The summed E-state index contributed by atoms with van der Waals surface area (Å²) in [7, 11) is 0. The predicted molar refractivity (Wildman–Crippen MR) is 50.2 cm³/mol. The molecule has 0 radical (unpaired) electrons. The molecule has 0 saturated heterocycles. The Balaban J connectivity index is 2.68. The van der Waals surface area contributed by atoms with Gasteiger partial charge in [-0.25, -0.2) is 0 Å². The number of hydrogen-bond donors (Lipinski definition) is 0. The van der Waals surface area contributed by atoms with Gasteiger partial charge in [-0.3, -0.25) is 0 Å².